The van der Waals surface area contributed by atoms with Crippen molar-refractivity contribution in [3.8, 4) is 0 Å². The molecule has 0 aliphatic heterocycles. The molecule has 0 amide bonds. The van der Waals surface area contributed by atoms with Gasteiger partial charge in [0, 0.05) is 0 Å². The highest BCUT2D eigenvalue weighted by molar-refractivity contribution is 4.92. The van der Waals surface area contributed by atoms with E-state index in [4.69, 9.17) is 0 Å². The van der Waals surface area contributed by atoms with E-state index in [-0.39, 0.29) is 0 Å². The van der Waals surface area contributed by atoms with Gasteiger partial charge in [0.1, 0.15) is 0 Å². The molecular formula is C18H32. The van der Waals surface area contributed by atoms with Crippen molar-refractivity contribution in [2.24, 2.45) is 47.3 Å². The maximum absolute atomic E-state index is 2.43. The van der Waals surface area contributed by atoms with Crippen LogP contribution in [0.15, 0.2) is 0 Å². The molecule has 4 saturated carbocycles. The van der Waals surface area contributed by atoms with Crippen LogP contribution in [-0.2, 0) is 0 Å². The van der Waals surface area contributed by atoms with Crippen molar-refractivity contribution in [3.05, 3.63) is 0 Å². The summed E-state index contributed by atoms with van der Waals surface area (Å²) >= 11 is 0. The molecule has 4 aliphatic carbocycles. The normalized spacial score (nSPS) is 56.7. The Kier molecular flexibility index (Phi) is 3.49. The van der Waals surface area contributed by atoms with E-state index in [0.29, 0.717) is 0 Å². The smallest absolute Gasteiger partial charge is 0.0360 e. The van der Waals surface area contributed by atoms with Crippen molar-refractivity contribution in [1.29, 1.82) is 0 Å². The molecule has 4 rings (SSSR count). The monoisotopic (exact) mass is 248 g/mol. The van der Waals surface area contributed by atoms with Gasteiger partial charge in [-0.05, 0) is 85.9 Å². The summed E-state index contributed by atoms with van der Waals surface area (Å²) in [5.41, 5.74) is 0. The molecule has 4 bridgehead atoms. The van der Waals surface area contributed by atoms with Crippen LogP contribution in [0.25, 0.3) is 0 Å². The van der Waals surface area contributed by atoms with Crippen molar-refractivity contribution in [3.63, 3.8) is 0 Å². The van der Waals surface area contributed by atoms with Gasteiger partial charge in [-0.1, -0.05) is 27.7 Å². The third kappa shape index (κ3) is 2.25. The molecule has 0 N–H and O–H groups in total. The van der Waals surface area contributed by atoms with Crippen LogP contribution in [0.4, 0.5) is 0 Å². The second kappa shape index (κ2) is 4.84. The number of fused-ring (bicyclic) bond motifs is 4. The van der Waals surface area contributed by atoms with Crippen molar-refractivity contribution in [2.45, 2.75) is 66.2 Å². The fourth-order valence-corrected chi connectivity index (χ4v) is 5.95. The van der Waals surface area contributed by atoms with Gasteiger partial charge in [0.2, 0.25) is 0 Å². The fraction of sp³-hybridized carbons (Fsp3) is 1.00. The van der Waals surface area contributed by atoms with Gasteiger partial charge < -0.3 is 0 Å². The lowest BCUT2D eigenvalue weighted by Crippen LogP contribution is -2.14. The van der Waals surface area contributed by atoms with E-state index in [1.807, 2.05) is 0 Å². The van der Waals surface area contributed by atoms with Crippen LogP contribution >= 0.6 is 0 Å². The van der Waals surface area contributed by atoms with Crippen LogP contribution in [0.5, 0.6) is 0 Å². The summed E-state index contributed by atoms with van der Waals surface area (Å²) < 4.78 is 0. The highest BCUT2D eigenvalue weighted by Gasteiger charge is 2.42. The molecule has 0 nitrogen and oxygen atoms in total. The molecule has 0 heterocycles. The van der Waals surface area contributed by atoms with Gasteiger partial charge in [-0.2, -0.15) is 0 Å². The van der Waals surface area contributed by atoms with Gasteiger partial charge in [-0.15, -0.1) is 0 Å². The minimum Gasteiger partial charge on any atom is -0.0622 e. The Morgan fingerprint density at radius 3 is 1.22 bits per heavy atom. The summed E-state index contributed by atoms with van der Waals surface area (Å²) in [5, 5.41) is 0. The van der Waals surface area contributed by atoms with E-state index in [0.717, 1.165) is 47.3 Å². The molecular weight excluding hydrogens is 216 g/mol. The fourth-order valence-electron chi connectivity index (χ4n) is 5.95. The van der Waals surface area contributed by atoms with E-state index in [1.54, 1.807) is 12.8 Å². The van der Waals surface area contributed by atoms with Crippen LogP contribution in [0.3, 0.4) is 0 Å². The van der Waals surface area contributed by atoms with Crippen LogP contribution in [0, 0.1) is 47.3 Å². The largest absolute Gasteiger partial charge is 0.0622 e. The first-order chi connectivity index (χ1) is 8.54. The van der Waals surface area contributed by atoms with Gasteiger partial charge in [0.15, 0.2) is 0 Å². The predicted molar refractivity (Wildman–Crippen MR) is 78.3 cm³/mol. The molecule has 104 valence electrons. The van der Waals surface area contributed by atoms with E-state index in [9.17, 15) is 0 Å². The quantitative estimate of drug-likeness (QED) is 0.540. The maximum atomic E-state index is 2.43. The maximum Gasteiger partial charge on any atom is -0.0360 e. The van der Waals surface area contributed by atoms with E-state index < -0.39 is 0 Å². The van der Waals surface area contributed by atoms with Crippen LogP contribution < -0.4 is 0 Å². The molecule has 6 unspecified atom stereocenters. The van der Waals surface area contributed by atoms with Crippen LogP contribution in [0.2, 0.25) is 0 Å². The van der Waals surface area contributed by atoms with Crippen molar-refractivity contribution >= 4 is 0 Å². The van der Waals surface area contributed by atoms with E-state index >= 15 is 0 Å². The Bertz CT molecular complexity index is 264. The Balaban J connectivity index is 0.000000111. The van der Waals surface area contributed by atoms with Crippen molar-refractivity contribution in [2.75, 3.05) is 0 Å². The Morgan fingerprint density at radius 1 is 0.500 bits per heavy atom. The molecule has 0 spiro atoms. The summed E-state index contributed by atoms with van der Waals surface area (Å²) in [7, 11) is 0. The van der Waals surface area contributed by atoms with Crippen LogP contribution in [0.1, 0.15) is 66.2 Å². The topological polar surface area (TPSA) is 0 Å². The highest BCUT2D eigenvalue weighted by atomic mass is 14.5. The average Bonchev–Trinajstić information content (AvgIpc) is 2.99. The molecule has 0 aromatic heterocycles. The third-order valence-electron chi connectivity index (χ3n) is 7.04. The first kappa shape index (κ1) is 13.0. The van der Waals surface area contributed by atoms with Crippen molar-refractivity contribution in [1.82, 2.24) is 0 Å². The Labute approximate surface area is 114 Å². The van der Waals surface area contributed by atoms with Gasteiger partial charge >= 0.3 is 0 Å². The molecule has 0 aromatic carbocycles. The van der Waals surface area contributed by atoms with Crippen molar-refractivity contribution < 1.29 is 0 Å². The third-order valence-corrected chi connectivity index (χ3v) is 7.04. The lowest BCUT2D eigenvalue weighted by molar-refractivity contribution is 0.272. The minimum atomic E-state index is 1.05. The molecule has 0 heteroatoms. The zero-order valence-electron chi connectivity index (χ0n) is 12.9. The second-order valence-corrected chi connectivity index (χ2v) is 8.37. The molecule has 6 atom stereocenters. The van der Waals surface area contributed by atoms with Gasteiger partial charge in [0.25, 0.3) is 0 Å². The Hall–Kier alpha value is 0. The summed E-state index contributed by atoms with van der Waals surface area (Å²) in [6.45, 7) is 9.72. The zero-order chi connectivity index (χ0) is 12.9. The predicted octanol–water partition coefficient (Wildman–Crippen LogP) is 5.38. The molecule has 18 heavy (non-hydrogen) atoms. The van der Waals surface area contributed by atoms with Crippen LogP contribution in [-0.4, -0.2) is 0 Å². The summed E-state index contributed by atoms with van der Waals surface area (Å²) in [5.74, 6) is 8.69. The molecule has 0 saturated heterocycles. The minimum absolute atomic E-state index is 1.05. The average molecular weight is 248 g/mol. The first-order valence-electron chi connectivity index (χ1n) is 8.54. The van der Waals surface area contributed by atoms with Gasteiger partial charge in [-0.3, -0.25) is 0 Å². The molecule has 0 aromatic rings. The standard InChI is InChI=1S/2C9H16/c1-6-3-9-5-8(6)4-7(9)2;1-6-3-8-4-7(2)9(6)5-8/h2*6-9H,3-5H2,1-2H3. The molecule has 4 fully saturated rings. The zero-order valence-corrected chi connectivity index (χ0v) is 12.9. The van der Waals surface area contributed by atoms with E-state index in [2.05, 4.69) is 27.7 Å². The summed E-state index contributed by atoms with van der Waals surface area (Å²) in [6, 6.07) is 0. The molecule has 0 radical (unpaired) electrons. The molecule has 4 aliphatic rings. The first-order valence-corrected chi connectivity index (χ1v) is 8.54. The lowest BCUT2D eigenvalue weighted by Gasteiger charge is -2.23. The number of hydrogen-bond donors (Lipinski definition) is 0. The van der Waals surface area contributed by atoms with E-state index in [1.165, 1.54) is 25.7 Å². The summed E-state index contributed by atoms with van der Waals surface area (Å²) in [6.07, 6.45) is 9.26. The summed E-state index contributed by atoms with van der Waals surface area (Å²) in [4.78, 5) is 0. The Morgan fingerprint density at radius 2 is 1.00 bits per heavy atom. The highest BCUT2D eigenvalue weighted by Crippen LogP contribution is 2.51. The second-order valence-electron chi connectivity index (χ2n) is 8.37. The van der Waals surface area contributed by atoms with Gasteiger partial charge in [-0.25, -0.2) is 0 Å². The SMILES string of the molecule is CC1CC2CC(C)C1C2.CC1CC2CC1CC2C. The number of hydrogen-bond acceptors (Lipinski definition) is 0. The lowest BCUT2D eigenvalue weighted by atomic mass is 9.83. The number of rotatable bonds is 0. The van der Waals surface area contributed by atoms with Gasteiger partial charge in [0.05, 0.1) is 0 Å².